The summed E-state index contributed by atoms with van der Waals surface area (Å²) in [7, 11) is 0. The number of rotatable bonds is 2. The SMILES string of the molecule is O=C(C1CN(C2C=CCCC2)c2ccccc2O1)N1CCCCC1. The first-order valence-corrected chi connectivity index (χ1v) is 9.31. The molecule has 0 spiro atoms. The lowest BCUT2D eigenvalue weighted by atomic mass is 9.99. The van der Waals surface area contributed by atoms with Crippen molar-refractivity contribution in [2.75, 3.05) is 24.5 Å². The average Bonchev–Trinajstić information content (AvgIpc) is 2.68. The maximum Gasteiger partial charge on any atom is 0.265 e. The number of benzene rings is 1. The molecule has 2 unspecified atom stereocenters. The van der Waals surface area contributed by atoms with Gasteiger partial charge in [-0.15, -0.1) is 0 Å². The molecule has 0 radical (unpaired) electrons. The summed E-state index contributed by atoms with van der Waals surface area (Å²) < 4.78 is 6.11. The van der Waals surface area contributed by atoms with Gasteiger partial charge in [-0.05, 0) is 50.7 Å². The summed E-state index contributed by atoms with van der Waals surface area (Å²) in [6.45, 7) is 2.41. The Balaban J connectivity index is 1.58. The maximum atomic E-state index is 12.9. The van der Waals surface area contributed by atoms with Crippen LogP contribution in [0.4, 0.5) is 5.69 Å². The Morgan fingerprint density at radius 3 is 2.71 bits per heavy atom. The van der Waals surface area contributed by atoms with Gasteiger partial charge in [0.05, 0.1) is 12.2 Å². The largest absolute Gasteiger partial charge is 0.477 e. The molecule has 0 bridgehead atoms. The minimum Gasteiger partial charge on any atom is -0.477 e. The molecule has 1 fully saturated rings. The molecule has 3 aliphatic rings. The Morgan fingerprint density at radius 2 is 1.92 bits per heavy atom. The summed E-state index contributed by atoms with van der Waals surface area (Å²) in [6, 6.07) is 8.51. The normalized spacial score (nSPS) is 26.7. The standard InChI is InChI=1S/C20H26N2O2/c23-20(21-13-7-2-8-14-21)19-15-22(16-9-3-1-4-10-16)17-11-5-6-12-18(17)24-19/h3,5-6,9,11-12,16,19H,1-2,4,7-8,10,13-15H2. The summed E-state index contributed by atoms with van der Waals surface area (Å²) in [4.78, 5) is 17.3. The van der Waals surface area contributed by atoms with Gasteiger partial charge in [-0.25, -0.2) is 0 Å². The lowest BCUT2D eigenvalue weighted by Gasteiger charge is -2.42. The van der Waals surface area contributed by atoms with Gasteiger partial charge in [0.1, 0.15) is 5.75 Å². The van der Waals surface area contributed by atoms with Gasteiger partial charge in [0.15, 0.2) is 6.10 Å². The third kappa shape index (κ3) is 3.02. The molecule has 0 aromatic heterocycles. The molecule has 24 heavy (non-hydrogen) atoms. The Labute approximate surface area is 144 Å². The second-order valence-electron chi connectivity index (χ2n) is 7.04. The van der Waals surface area contributed by atoms with Gasteiger partial charge < -0.3 is 14.5 Å². The van der Waals surface area contributed by atoms with E-state index in [0.29, 0.717) is 12.6 Å². The Bertz CT molecular complexity index is 622. The third-order valence-corrected chi connectivity index (χ3v) is 5.38. The molecule has 4 nitrogen and oxygen atoms in total. The number of allylic oxidation sites excluding steroid dienone is 1. The highest BCUT2D eigenvalue weighted by molar-refractivity contribution is 5.83. The van der Waals surface area contributed by atoms with Crippen LogP contribution in [-0.4, -0.2) is 42.6 Å². The summed E-state index contributed by atoms with van der Waals surface area (Å²) in [5.41, 5.74) is 1.12. The van der Waals surface area contributed by atoms with Crippen molar-refractivity contribution in [2.45, 2.75) is 50.7 Å². The van der Waals surface area contributed by atoms with Crippen molar-refractivity contribution in [2.24, 2.45) is 0 Å². The number of ether oxygens (including phenoxy) is 1. The lowest BCUT2D eigenvalue weighted by molar-refractivity contribution is -0.139. The highest BCUT2D eigenvalue weighted by atomic mass is 16.5. The van der Waals surface area contributed by atoms with E-state index in [1.807, 2.05) is 17.0 Å². The van der Waals surface area contributed by atoms with Crippen LogP contribution in [0.1, 0.15) is 38.5 Å². The lowest BCUT2D eigenvalue weighted by Crippen LogP contribution is -2.53. The molecular weight excluding hydrogens is 300 g/mol. The van der Waals surface area contributed by atoms with E-state index in [2.05, 4.69) is 29.2 Å². The van der Waals surface area contributed by atoms with Crippen molar-refractivity contribution in [1.82, 2.24) is 4.90 Å². The number of likely N-dealkylation sites (tertiary alicyclic amines) is 1. The second kappa shape index (κ2) is 6.88. The van der Waals surface area contributed by atoms with E-state index >= 15 is 0 Å². The predicted molar refractivity (Wildman–Crippen MR) is 95.4 cm³/mol. The first-order chi connectivity index (χ1) is 11.8. The molecule has 4 rings (SSSR count). The highest BCUT2D eigenvalue weighted by Crippen LogP contribution is 2.36. The summed E-state index contributed by atoms with van der Waals surface area (Å²) >= 11 is 0. The van der Waals surface area contributed by atoms with Crippen molar-refractivity contribution in [3.05, 3.63) is 36.4 Å². The molecule has 1 saturated heterocycles. The summed E-state index contributed by atoms with van der Waals surface area (Å²) in [5, 5.41) is 0. The summed E-state index contributed by atoms with van der Waals surface area (Å²) in [6.07, 6.45) is 11.2. The number of carbonyl (C=O) groups is 1. The first kappa shape index (κ1) is 15.6. The molecular formula is C20H26N2O2. The zero-order valence-corrected chi connectivity index (χ0v) is 14.2. The molecule has 0 saturated carbocycles. The topological polar surface area (TPSA) is 32.8 Å². The first-order valence-electron chi connectivity index (χ1n) is 9.31. The van der Waals surface area contributed by atoms with E-state index in [9.17, 15) is 4.79 Å². The van der Waals surface area contributed by atoms with Crippen LogP contribution in [0.2, 0.25) is 0 Å². The maximum absolute atomic E-state index is 12.9. The van der Waals surface area contributed by atoms with Crippen LogP contribution >= 0.6 is 0 Å². The molecule has 128 valence electrons. The molecule has 1 aromatic carbocycles. The number of amides is 1. The molecule has 2 heterocycles. The number of hydrogen-bond acceptors (Lipinski definition) is 3. The van der Waals surface area contributed by atoms with Crippen LogP contribution in [0.3, 0.4) is 0 Å². The monoisotopic (exact) mass is 326 g/mol. The van der Waals surface area contributed by atoms with E-state index in [0.717, 1.165) is 43.8 Å². The van der Waals surface area contributed by atoms with Crippen molar-refractivity contribution < 1.29 is 9.53 Å². The number of carbonyl (C=O) groups excluding carboxylic acids is 1. The molecule has 4 heteroatoms. The average molecular weight is 326 g/mol. The zero-order chi connectivity index (χ0) is 16.4. The fourth-order valence-electron chi connectivity index (χ4n) is 4.08. The fraction of sp³-hybridized carbons (Fsp3) is 0.550. The molecule has 1 amide bonds. The van der Waals surface area contributed by atoms with Crippen LogP contribution in [0.25, 0.3) is 0 Å². The summed E-state index contributed by atoms with van der Waals surface area (Å²) in [5.74, 6) is 1.01. The van der Waals surface area contributed by atoms with Gasteiger partial charge >= 0.3 is 0 Å². The fourth-order valence-corrected chi connectivity index (χ4v) is 4.08. The van der Waals surface area contributed by atoms with Gasteiger partial charge in [-0.2, -0.15) is 0 Å². The Morgan fingerprint density at radius 1 is 1.08 bits per heavy atom. The van der Waals surface area contributed by atoms with E-state index in [1.54, 1.807) is 0 Å². The van der Waals surface area contributed by atoms with Crippen LogP contribution in [0, 0.1) is 0 Å². The van der Waals surface area contributed by atoms with E-state index in [1.165, 1.54) is 19.3 Å². The van der Waals surface area contributed by atoms with Gasteiger partial charge in [0.25, 0.3) is 5.91 Å². The molecule has 2 atom stereocenters. The van der Waals surface area contributed by atoms with E-state index < -0.39 is 0 Å². The molecule has 1 aliphatic carbocycles. The number of hydrogen-bond donors (Lipinski definition) is 0. The molecule has 1 aromatic rings. The van der Waals surface area contributed by atoms with Crippen molar-refractivity contribution >= 4 is 11.6 Å². The highest BCUT2D eigenvalue weighted by Gasteiger charge is 2.36. The number of nitrogens with zero attached hydrogens (tertiary/aromatic N) is 2. The van der Waals surface area contributed by atoms with Crippen molar-refractivity contribution in [3.8, 4) is 5.75 Å². The second-order valence-corrected chi connectivity index (χ2v) is 7.04. The molecule has 0 N–H and O–H groups in total. The van der Waals surface area contributed by atoms with Crippen LogP contribution in [0.5, 0.6) is 5.75 Å². The van der Waals surface area contributed by atoms with Gasteiger partial charge in [0.2, 0.25) is 0 Å². The molecule has 2 aliphatic heterocycles. The van der Waals surface area contributed by atoms with Gasteiger partial charge in [0, 0.05) is 19.1 Å². The number of fused-ring (bicyclic) bond motifs is 1. The minimum absolute atomic E-state index is 0.161. The van der Waals surface area contributed by atoms with Crippen molar-refractivity contribution in [1.29, 1.82) is 0 Å². The Hall–Kier alpha value is -1.97. The van der Waals surface area contributed by atoms with Crippen LogP contribution < -0.4 is 9.64 Å². The smallest absolute Gasteiger partial charge is 0.265 e. The number of anilines is 1. The minimum atomic E-state index is -0.381. The van der Waals surface area contributed by atoms with Crippen LogP contribution in [0.15, 0.2) is 36.4 Å². The Kier molecular flexibility index (Phi) is 4.46. The zero-order valence-electron chi connectivity index (χ0n) is 14.2. The predicted octanol–water partition coefficient (Wildman–Crippen LogP) is 3.38. The van der Waals surface area contributed by atoms with Crippen molar-refractivity contribution in [3.63, 3.8) is 0 Å². The third-order valence-electron chi connectivity index (χ3n) is 5.38. The van der Waals surface area contributed by atoms with Gasteiger partial charge in [-0.3, -0.25) is 4.79 Å². The number of piperidine rings is 1. The van der Waals surface area contributed by atoms with Gasteiger partial charge in [-0.1, -0.05) is 24.3 Å². The van der Waals surface area contributed by atoms with Crippen LogP contribution in [-0.2, 0) is 4.79 Å². The number of para-hydroxylation sites is 2. The van der Waals surface area contributed by atoms with E-state index in [-0.39, 0.29) is 12.0 Å². The van der Waals surface area contributed by atoms with E-state index in [4.69, 9.17) is 4.74 Å². The quantitative estimate of drug-likeness (QED) is 0.781.